The van der Waals surface area contributed by atoms with Gasteiger partial charge in [0.2, 0.25) is 0 Å². The summed E-state index contributed by atoms with van der Waals surface area (Å²) in [5.41, 5.74) is 5.81. The van der Waals surface area contributed by atoms with Gasteiger partial charge in [0.05, 0.1) is 0 Å². The number of rotatable bonds is 6. The number of likely N-dealkylation sites (tertiary alicyclic amines) is 1. The van der Waals surface area contributed by atoms with E-state index in [1.165, 1.54) is 32.4 Å². The van der Waals surface area contributed by atoms with E-state index in [-0.39, 0.29) is 0 Å². The second-order valence-electron chi connectivity index (χ2n) is 5.78. The summed E-state index contributed by atoms with van der Waals surface area (Å²) in [5.74, 6) is 1.16. The third-order valence-electron chi connectivity index (χ3n) is 3.51. The van der Waals surface area contributed by atoms with E-state index in [4.69, 9.17) is 5.73 Å². The van der Waals surface area contributed by atoms with Crippen LogP contribution in [0.4, 0.5) is 0 Å². The van der Waals surface area contributed by atoms with E-state index in [1.54, 1.807) is 0 Å². The van der Waals surface area contributed by atoms with E-state index in [2.05, 4.69) is 36.0 Å². The molecule has 1 unspecified atom stereocenters. The molecule has 0 spiro atoms. The van der Waals surface area contributed by atoms with Crippen molar-refractivity contribution in [2.24, 2.45) is 16.6 Å². The number of guanidine groups is 1. The molecule has 1 heterocycles. The molecule has 0 aromatic heterocycles. The second kappa shape index (κ2) is 8.35. The minimum absolute atomic E-state index is 0.567. The number of hydrogen-bond acceptors (Lipinski definition) is 2. The van der Waals surface area contributed by atoms with Crippen LogP contribution in [-0.4, -0.2) is 43.1 Å². The van der Waals surface area contributed by atoms with Crippen molar-refractivity contribution in [2.45, 2.75) is 52.5 Å². The van der Waals surface area contributed by atoms with Crippen LogP contribution in [0.5, 0.6) is 0 Å². The third-order valence-corrected chi connectivity index (χ3v) is 3.51. The average Bonchev–Trinajstić information content (AvgIpc) is 2.37. The van der Waals surface area contributed by atoms with E-state index in [0.29, 0.717) is 17.9 Å². The molecule has 1 saturated heterocycles. The minimum Gasteiger partial charge on any atom is -0.370 e. The molecule has 3 N–H and O–H groups in total. The standard InChI is InChI=1S/C14H30N4/c1-12(2)11-17-14(15)16-8-7-13(3)18-9-5-4-6-10-18/h12-13H,4-11H2,1-3H3,(H3,15,16,17). The van der Waals surface area contributed by atoms with Gasteiger partial charge in [0.1, 0.15) is 0 Å². The van der Waals surface area contributed by atoms with Crippen LogP contribution in [0.2, 0.25) is 0 Å². The van der Waals surface area contributed by atoms with E-state index in [9.17, 15) is 0 Å². The Labute approximate surface area is 112 Å². The molecule has 0 amide bonds. The van der Waals surface area contributed by atoms with Gasteiger partial charge in [0, 0.05) is 19.1 Å². The number of aliphatic imine (C=N–C) groups is 1. The molecule has 1 atom stereocenters. The van der Waals surface area contributed by atoms with Gasteiger partial charge in [-0.1, -0.05) is 20.3 Å². The van der Waals surface area contributed by atoms with Crippen molar-refractivity contribution in [3.05, 3.63) is 0 Å². The highest BCUT2D eigenvalue weighted by Crippen LogP contribution is 2.13. The van der Waals surface area contributed by atoms with Crippen molar-refractivity contribution in [1.82, 2.24) is 10.2 Å². The van der Waals surface area contributed by atoms with E-state index >= 15 is 0 Å². The molecule has 1 aliphatic heterocycles. The highest BCUT2D eigenvalue weighted by Gasteiger charge is 2.15. The normalized spacial score (nSPS) is 20.1. The zero-order valence-electron chi connectivity index (χ0n) is 12.3. The molecule has 18 heavy (non-hydrogen) atoms. The molecule has 1 rings (SSSR count). The Morgan fingerprint density at radius 3 is 2.50 bits per heavy atom. The van der Waals surface area contributed by atoms with Crippen molar-refractivity contribution in [1.29, 1.82) is 0 Å². The summed E-state index contributed by atoms with van der Waals surface area (Å²) in [6, 6.07) is 0.649. The topological polar surface area (TPSA) is 53.6 Å². The molecule has 0 aromatic carbocycles. The van der Waals surface area contributed by atoms with Crippen LogP contribution in [0.15, 0.2) is 4.99 Å². The van der Waals surface area contributed by atoms with Crippen LogP contribution in [-0.2, 0) is 0 Å². The van der Waals surface area contributed by atoms with Crippen LogP contribution < -0.4 is 11.1 Å². The highest BCUT2D eigenvalue weighted by molar-refractivity contribution is 5.77. The number of nitrogens with one attached hydrogen (secondary N) is 1. The van der Waals surface area contributed by atoms with Gasteiger partial charge in [-0.25, -0.2) is 0 Å². The quantitative estimate of drug-likeness (QED) is 0.561. The lowest BCUT2D eigenvalue weighted by molar-refractivity contribution is 0.167. The van der Waals surface area contributed by atoms with Gasteiger partial charge in [-0.05, 0) is 45.2 Å². The summed E-state index contributed by atoms with van der Waals surface area (Å²) in [7, 11) is 0. The van der Waals surface area contributed by atoms with Crippen molar-refractivity contribution >= 4 is 5.96 Å². The summed E-state index contributed by atoms with van der Waals surface area (Å²) in [4.78, 5) is 6.89. The Morgan fingerprint density at radius 2 is 1.89 bits per heavy atom. The Morgan fingerprint density at radius 1 is 1.22 bits per heavy atom. The SMILES string of the molecule is CC(C)CN=C(N)NCCC(C)N1CCCCC1. The van der Waals surface area contributed by atoms with Crippen LogP contribution >= 0.6 is 0 Å². The van der Waals surface area contributed by atoms with Crippen molar-refractivity contribution < 1.29 is 0 Å². The summed E-state index contributed by atoms with van der Waals surface area (Å²) in [5, 5.41) is 3.21. The number of nitrogens with two attached hydrogens (primary N) is 1. The van der Waals surface area contributed by atoms with Crippen LogP contribution in [0.25, 0.3) is 0 Å². The maximum atomic E-state index is 5.81. The molecular weight excluding hydrogens is 224 g/mol. The molecule has 0 bridgehead atoms. The molecule has 4 nitrogen and oxygen atoms in total. The first-order valence-corrected chi connectivity index (χ1v) is 7.37. The fraction of sp³-hybridized carbons (Fsp3) is 0.929. The Hall–Kier alpha value is -0.770. The van der Waals surface area contributed by atoms with E-state index < -0.39 is 0 Å². The molecule has 4 heteroatoms. The number of piperidine rings is 1. The molecule has 1 fully saturated rings. The molecule has 0 saturated carbocycles. The first-order chi connectivity index (χ1) is 8.59. The van der Waals surface area contributed by atoms with Gasteiger partial charge < -0.3 is 16.0 Å². The number of nitrogens with zero attached hydrogens (tertiary/aromatic N) is 2. The Kier molecular flexibility index (Phi) is 7.09. The van der Waals surface area contributed by atoms with Gasteiger partial charge in [0.25, 0.3) is 0 Å². The lowest BCUT2D eigenvalue weighted by Crippen LogP contribution is -2.40. The predicted molar refractivity (Wildman–Crippen MR) is 78.8 cm³/mol. The zero-order chi connectivity index (χ0) is 13.4. The third kappa shape index (κ3) is 6.24. The molecule has 0 aromatic rings. The minimum atomic E-state index is 0.567. The number of hydrogen-bond donors (Lipinski definition) is 2. The van der Waals surface area contributed by atoms with Crippen molar-refractivity contribution in [3.8, 4) is 0 Å². The molecule has 1 aliphatic rings. The summed E-state index contributed by atoms with van der Waals surface area (Å²) in [6.45, 7) is 10.9. The fourth-order valence-corrected chi connectivity index (χ4v) is 2.29. The maximum absolute atomic E-state index is 5.81. The zero-order valence-corrected chi connectivity index (χ0v) is 12.3. The maximum Gasteiger partial charge on any atom is 0.188 e. The van der Waals surface area contributed by atoms with Crippen LogP contribution in [0.1, 0.15) is 46.5 Å². The molecular formula is C14H30N4. The summed E-state index contributed by atoms with van der Waals surface area (Å²) < 4.78 is 0. The van der Waals surface area contributed by atoms with Crippen LogP contribution in [0, 0.1) is 5.92 Å². The van der Waals surface area contributed by atoms with E-state index in [1.807, 2.05) is 0 Å². The second-order valence-corrected chi connectivity index (χ2v) is 5.78. The highest BCUT2D eigenvalue weighted by atomic mass is 15.2. The van der Waals surface area contributed by atoms with Crippen LogP contribution in [0.3, 0.4) is 0 Å². The largest absolute Gasteiger partial charge is 0.370 e. The lowest BCUT2D eigenvalue weighted by atomic mass is 10.1. The lowest BCUT2D eigenvalue weighted by Gasteiger charge is -2.32. The van der Waals surface area contributed by atoms with Gasteiger partial charge in [0.15, 0.2) is 5.96 Å². The van der Waals surface area contributed by atoms with Crippen molar-refractivity contribution in [2.75, 3.05) is 26.2 Å². The molecule has 0 aliphatic carbocycles. The van der Waals surface area contributed by atoms with Gasteiger partial charge >= 0.3 is 0 Å². The summed E-state index contributed by atoms with van der Waals surface area (Å²) in [6.07, 6.45) is 5.25. The fourth-order valence-electron chi connectivity index (χ4n) is 2.29. The average molecular weight is 254 g/mol. The monoisotopic (exact) mass is 254 g/mol. The smallest absolute Gasteiger partial charge is 0.188 e. The van der Waals surface area contributed by atoms with Gasteiger partial charge in [-0.3, -0.25) is 4.99 Å². The predicted octanol–water partition coefficient (Wildman–Crippen LogP) is 1.81. The Balaban J connectivity index is 2.14. The Bertz CT molecular complexity index is 244. The van der Waals surface area contributed by atoms with E-state index in [0.717, 1.165) is 19.5 Å². The molecule has 106 valence electrons. The first-order valence-electron chi connectivity index (χ1n) is 7.37. The van der Waals surface area contributed by atoms with Crippen molar-refractivity contribution in [3.63, 3.8) is 0 Å². The first kappa shape index (κ1) is 15.3. The van der Waals surface area contributed by atoms with Gasteiger partial charge in [-0.2, -0.15) is 0 Å². The summed E-state index contributed by atoms with van der Waals surface area (Å²) >= 11 is 0. The molecule has 0 radical (unpaired) electrons. The van der Waals surface area contributed by atoms with Gasteiger partial charge in [-0.15, -0.1) is 0 Å².